The lowest BCUT2D eigenvalue weighted by molar-refractivity contribution is -0.110. The zero-order chi connectivity index (χ0) is 18.3. The van der Waals surface area contributed by atoms with E-state index in [0.29, 0.717) is 16.9 Å². The van der Waals surface area contributed by atoms with Gasteiger partial charge < -0.3 is 14.8 Å². The summed E-state index contributed by atoms with van der Waals surface area (Å²) < 4.78 is 29.4. The van der Waals surface area contributed by atoms with E-state index in [1.165, 1.54) is 0 Å². The number of benzene rings is 1. The predicted molar refractivity (Wildman–Crippen MR) is 91.0 cm³/mol. The molecule has 1 N–H and O–H groups in total. The van der Waals surface area contributed by atoms with Gasteiger partial charge in [-0.3, -0.25) is 0 Å². The molecule has 1 aromatic rings. The van der Waals surface area contributed by atoms with Gasteiger partial charge in [-0.2, -0.15) is 0 Å². The van der Waals surface area contributed by atoms with Crippen molar-refractivity contribution in [2.24, 2.45) is 0 Å². The number of hydrogen-bond acceptors (Lipinski definition) is 5. The van der Waals surface area contributed by atoms with Crippen molar-refractivity contribution in [2.45, 2.75) is 43.1 Å². The van der Waals surface area contributed by atoms with Crippen LogP contribution in [0.2, 0.25) is 5.02 Å². The van der Waals surface area contributed by atoms with Crippen molar-refractivity contribution in [3.05, 3.63) is 34.9 Å². The predicted octanol–water partition coefficient (Wildman–Crippen LogP) is 2.31. The number of amides is 1. The first-order chi connectivity index (χ1) is 10.9. The summed E-state index contributed by atoms with van der Waals surface area (Å²) >= 11 is 5.96. The van der Waals surface area contributed by atoms with Crippen molar-refractivity contribution < 1.29 is 22.7 Å². The fraction of sp³-hybridized carbons (Fsp3) is 0.500. The van der Waals surface area contributed by atoms with Crippen molar-refractivity contribution in [3.8, 4) is 0 Å². The van der Waals surface area contributed by atoms with Crippen LogP contribution in [0.25, 0.3) is 0 Å². The Morgan fingerprint density at radius 2 is 2.00 bits per heavy atom. The summed E-state index contributed by atoms with van der Waals surface area (Å²) in [5.41, 5.74) is -1.75. The van der Waals surface area contributed by atoms with Gasteiger partial charge in [0.05, 0.1) is 0 Å². The second-order valence-electron chi connectivity index (χ2n) is 6.96. The highest BCUT2D eigenvalue weighted by Crippen LogP contribution is 2.54. The van der Waals surface area contributed by atoms with Crippen LogP contribution >= 0.6 is 11.6 Å². The molecule has 1 aromatic carbocycles. The van der Waals surface area contributed by atoms with Gasteiger partial charge in [0.2, 0.25) is 0 Å². The number of carbonyl (C=O) groups excluding carboxylic acids is 2. The molecule has 0 aliphatic heterocycles. The molecule has 3 atom stereocenters. The molecule has 3 unspecified atom stereocenters. The summed E-state index contributed by atoms with van der Waals surface area (Å²) in [6.07, 6.45) is 0.665. The van der Waals surface area contributed by atoms with Crippen LogP contribution in [-0.2, 0) is 19.4 Å². The number of halogens is 1. The van der Waals surface area contributed by atoms with Crippen molar-refractivity contribution in [1.29, 1.82) is 0 Å². The topological polar surface area (TPSA) is 89.5 Å². The summed E-state index contributed by atoms with van der Waals surface area (Å²) in [5, 5.41) is 1.81. The SMILES string of the molecule is CC(C)(C)OC(=O)NC1(C=O)C(c2cccc(Cl)c2)C1S(C)(=O)=O. The fourth-order valence-electron chi connectivity index (χ4n) is 2.93. The maximum atomic E-state index is 12.1. The van der Waals surface area contributed by atoms with Crippen LogP contribution in [-0.4, -0.2) is 43.4 Å². The quantitative estimate of drug-likeness (QED) is 0.818. The molecule has 0 radical (unpaired) electrons. The van der Waals surface area contributed by atoms with Gasteiger partial charge in [0, 0.05) is 17.2 Å². The fourth-order valence-corrected chi connectivity index (χ4v) is 4.89. The van der Waals surface area contributed by atoms with Crippen molar-refractivity contribution in [3.63, 3.8) is 0 Å². The van der Waals surface area contributed by atoms with Gasteiger partial charge in [-0.15, -0.1) is 0 Å². The monoisotopic (exact) mass is 373 g/mol. The Morgan fingerprint density at radius 1 is 1.38 bits per heavy atom. The van der Waals surface area contributed by atoms with Gasteiger partial charge in [0.15, 0.2) is 9.84 Å². The molecule has 132 valence electrons. The number of ether oxygens (including phenoxy) is 1. The van der Waals surface area contributed by atoms with E-state index in [-0.39, 0.29) is 0 Å². The van der Waals surface area contributed by atoms with E-state index < -0.39 is 38.2 Å². The normalized spacial score (nSPS) is 26.5. The first-order valence-corrected chi connectivity index (χ1v) is 9.66. The highest BCUT2D eigenvalue weighted by atomic mass is 35.5. The number of carbonyl (C=O) groups is 2. The zero-order valence-electron chi connectivity index (χ0n) is 13.9. The lowest BCUT2D eigenvalue weighted by Gasteiger charge is -2.22. The maximum absolute atomic E-state index is 12.1. The third-order valence-electron chi connectivity index (χ3n) is 3.76. The highest BCUT2D eigenvalue weighted by molar-refractivity contribution is 7.91. The molecule has 0 bridgehead atoms. The van der Waals surface area contributed by atoms with E-state index in [9.17, 15) is 18.0 Å². The number of hydrogen-bond donors (Lipinski definition) is 1. The Morgan fingerprint density at radius 3 is 2.46 bits per heavy atom. The molecule has 24 heavy (non-hydrogen) atoms. The Bertz CT molecular complexity index is 771. The standard InChI is InChI=1S/C16H20ClNO5S/c1-15(2,3)23-14(20)18-16(9-19)12(13(16)24(4,21)22)10-6-5-7-11(17)8-10/h5-9,12-13H,1-4H3,(H,18,20). The van der Waals surface area contributed by atoms with E-state index in [4.69, 9.17) is 16.3 Å². The minimum absolute atomic E-state index is 0.420. The molecule has 1 aliphatic carbocycles. The van der Waals surface area contributed by atoms with E-state index in [0.717, 1.165) is 6.26 Å². The summed E-state index contributed by atoms with van der Waals surface area (Å²) in [6.45, 7) is 5.03. The first-order valence-electron chi connectivity index (χ1n) is 7.32. The summed E-state index contributed by atoms with van der Waals surface area (Å²) in [7, 11) is -3.59. The van der Waals surface area contributed by atoms with Gasteiger partial charge >= 0.3 is 6.09 Å². The van der Waals surface area contributed by atoms with Crippen molar-refractivity contribution in [2.75, 3.05) is 6.26 Å². The van der Waals surface area contributed by atoms with Crippen LogP contribution < -0.4 is 5.32 Å². The number of aldehydes is 1. The Kier molecular flexibility index (Phi) is 4.71. The van der Waals surface area contributed by atoms with Crippen molar-refractivity contribution in [1.82, 2.24) is 5.32 Å². The zero-order valence-corrected chi connectivity index (χ0v) is 15.4. The molecule has 0 aromatic heterocycles. The Labute approximate surface area is 146 Å². The summed E-state index contributed by atoms with van der Waals surface area (Å²) in [4.78, 5) is 23.8. The first kappa shape index (κ1) is 18.7. The van der Waals surface area contributed by atoms with Crippen LogP contribution in [0, 0.1) is 0 Å². The third kappa shape index (κ3) is 3.72. The summed E-state index contributed by atoms with van der Waals surface area (Å²) in [6, 6.07) is 6.58. The molecular formula is C16H20ClNO5S. The van der Waals surface area contributed by atoms with Gasteiger partial charge in [0.25, 0.3) is 0 Å². The van der Waals surface area contributed by atoms with Gasteiger partial charge in [-0.25, -0.2) is 13.2 Å². The summed E-state index contributed by atoms with van der Waals surface area (Å²) in [5.74, 6) is -0.712. The largest absolute Gasteiger partial charge is 0.444 e. The average molecular weight is 374 g/mol. The molecule has 1 aliphatic rings. The van der Waals surface area contributed by atoms with E-state index in [2.05, 4.69) is 5.32 Å². The second-order valence-corrected chi connectivity index (χ2v) is 9.56. The van der Waals surface area contributed by atoms with Crippen LogP contribution in [0.1, 0.15) is 32.3 Å². The van der Waals surface area contributed by atoms with Gasteiger partial charge in [-0.1, -0.05) is 23.7 Å². The molecule has 2 rings (SSSR count). The molecular weight excluding hydrogens is 354 g/mol. The van der Waals surface area contributed by atoms with E-state index >= 15 is 0 Å². The number of rotatable bonds is 4. The third-order valence-corrected chi connectivity index (χ3v) is 5.58. The number of alkyl carbamates (subject to hydrolysis) is 1. The van der Waals surface area contributed by atoms with E-state index in [1.807, 2.05) is 0 Å². The molecule has 1 fully saturated rings. The Hall–Kier alpha value is -1.60. The van der Waals surface area contributed by atoms with Crippen LogP contribution in [0.4, 0.5) is 4.79 Å². The average Bonchev–Trinajstić information content (AvgIpc) is 3.05. The number of nitrogens with one attached hydrogen (secondary N) is 1. The lowest BCUT2D eigenvalue weighted by Crippen LogP contribution is -2.45. The van der Waals surface area contributed by atoms with Crippen LogP contribution in [0.3, 0.4) is 0 Å². The molecule has 0 saturated heterocycles. The molecule has 6 nitrogen and oxygen atoms in total. The van der Waals surface area contributed by atoms with Gasteiger partial charge in [0.1, 0.15) is 22.7 Å². The Balaban J connectivity index is 2.38. The highest BCUT2D eigenvalue weighted by Gasteiger charge is 2.71. The van der Waals surface area contributed by atoms with Crippen LogP contribution in [0.15, 0.2) is 24.3 Å². The molecule has 1 amide bonds. The van der Waals surface area contributed by atoms with Crippen molar-refractivity contribution >= 4 is 33.8 Å². The molecule has 1 saturated carbocycles. The maximum Gasteiger partial charge on any atom is 0.408 e. The van der Waals surface area contributed by atoms with Gasteiger partial charge in [-0.05, 0) is 38.5 Å². The smallest absolute Gasteiger partial charge is 0.408 e. The lowest BCUT2D eigenvalue weighted by atomic mass is 10.1. The molecule has 0 heterocycles. The van der Waals surface area contributed by atoms with Crippen LogP contribution in [0.5, 0.6) is 0 Å². The minimum Gasteiger partial charge on any atom is -0.444 e. The number of sulfone groups is 1. The molecule has 0 spiro atoms. The second kappa shape index (κ2) is 6.04. The minimum atomic E-state index is -3.59. The molecule has 8 heteroatoms. The van der Waals surface area contributed by atoms with E-state index in [1.54, 1.807) is 45.0 Å².